The Labute approximate surface area is 279 Å². The highest BCUT2D eigenvalue weighted by Gasteiger charge is 2.56. The van der Waals surface area contributed by atoms with Crippen molar-refractivity contribution in [3.63, 3.8) is 0 Å². The second kappa shape index (κ2) is 17.2. The zero-order valence-corrected chi connectivity index (χ0v) is 28.4. The van der Waals surface area contributed by atoms with Crippen molar-refractivity contribution in [2.45, 2.75) is 115 Å². The minimum Gasteiger partial charge on any atom is -0.447 e. The summed E-state index contributed by atoms with van der Waals surface area (Å²) in [5.74, 6) is -1.26. The first-order valence-electron chi connectivity index (χ1n) is 16.4. The summed E-state index contributed by atoms with van der Waals surface area (Å²) in [7, 11) is -4.68. The fourth-order valence-electron chi connectivity index (χ4n) is 5.73. The first-order chi connectivity index (χ1) is 22.9. The van der Waals surface area contributed by atoms with E-state index in [9.17, 15) is 27.6 Å². The number of amides is 2. The number of rotatable bonds is 18. The Morgan fingerprint density at radius 1 is 1.00 bits per heavy atom. The van der Waals surface area contributed by atoms with Crippen LogP contribution in [0.5, 0.6) is 0 Å². The van der Waals surface area contributed by atoms with Gasteiger partial charge in [-0.05, 0) is 32.3 Å². The van der Waals surface area contributed by atoms with Crippen LogP contribution in [-0.2, 0) is 44.7 Å². The molecule has 1 aromatic carbocycles. The van der Waals surface area contributed by atoms with E-state index in [1.807, 2.05) is 30.3 Å². The Hall–Kier alpha value is -3.57. The fraction of sp³-hybridized carbons (Fsp3) is 0.625. The fourth-order valence-corrected chi connectivity index (χ4v) is 6.37. The molecule has 3 N–H and O–H groups in total. The van der Waals surface area contributed by atoms with E-state index in [0.29, 0.717) is 12.8 Å². The average Bonchev–Trinajstić information content (AvgIpc) is 3.51. The Balaban J connectivity index is 1.29. The molecule has 2 aliphatic heterocycles. The average molecular weight is 695 g/mol. The van der Waals surface area contributed by atoms with Gasteiger partial charge in [0.15, 0.2) is 12.0 Å². The smallest absolute Gasteiger partial charge is 0.422 e. The van der Waals surface area contributed by atoms with Crippen molar-refractivity contribution in [3.05, 3.63) is 69.0 Å². The molecule has 3 heterocycles. The summed E-state index contributed by atoms with van der Waals surface area (Å²) in [6.07, 6.45) is 4.38. The van der Waals surface area contributed by atoms with E-state index in [-0.39, 0.29) is 12.5 Å². The van der Waals surface area contributed by atoms with Crippen LogP contribution in [0, 0.1) is 0 Å². The Morgan fingerprint density at radius 3 is 2.40 bits per heavy atom. The highest BCUT2D eigenvalue weighted by atomic mass is 32.2. The third-order valence-corrected chi connectivity index (χ3v) is 8.82. The number of ether oxygens (including phenoxy) is 4. The number of aromatic nitrogens is 2. The van der Waals surface area contributed by atoms with Crippen LogP contribution in [0.2, 0.25) is 0 Å². The van der Waals surface area contributed by atoms with Crippen LogP contribution < -0.4 is 21.3 Å². The quantitative estimate of drug-likeness (QED) is 0.194. The summed E-state index contributed by atoms with van der Waals surface area (Å²) in [6.45, 7) is 4.58. The maximum absolute atomic E-state index is 12.7. The molecule has 5 atom stereocenters. The third kappa shape index (κ3) is 11.3. The molecule has 1 aromatic heterocycles. The molecule has 0 spiro atoms. The molecule has 0 bridgehead atoms. The molecule has 48 heavy (non-hydrogen) atoms. The maximum Gasteiger partial charge on any atom is 0.422 e. The normalized spacial score (nSPS) is 22.1. The van der Waals surface area contributed by atoms with Gasteiger partial charge in [-0.1, -0.05) is 75.8 Å². The molecule has 2 aliphatic rings. The van der Waals surface area contributed by atoms with Crippen LogP contribution in [0.4, 0.5) is 4.79 Å². The van der Waals surface area contributed by atoms with E-state index in [4.69, 9.17) is 23.1 Å². The van der Waals surface area contributed by atoms with Crippen LogP contribution in [-0.4, -0.2) is 73.3 Å². The van der Waals surface area contributed by atoms with E-state index in [1.165, 1.54) is 25.5 Å². The van der Waals surface area contributed by atoms with Gasteiger partial charge in [0.2, 0.25) is 5.91 Å². The Kier molecular flexibility index (Phi) is 13.3. The molecule has 3 unspecified atom stereocenters. The predicted octanol–water partition coefficient (Wildman–Crippen LogP) is 2.81. The number of hydrogen-bond acceptors (Lipinski definition) is 11. The van der Waals surface area contributed by atoms with E-state index in [2.05, 4.69) is 17.2 Å². The largest absolute Gasteiger partial charge is 0.447 e. The first-order valence-corrected chi connectivity index (χ1v) is 17.8. The molecule has 4 rings (SSSR count). The van der Waals surface area contributed by atoms with Gasteiger partial charge >= 0.3 is 22.1 Å². The summed E-state index contributed by atoms with van der Waals surface area (Å²) in [5, 5.41) is 2.90. The molecule has 266 valence electrons. The van der Waals surface area contributed by atoms with Gasteiger partial charge < -0.3 is 24.3 Å². The van der Waals surface area contributed by atoms with Crippen molar-refractivity contribution in [3.8, 4) is 0 Å². The molecule has 0 aliphatic carbocycles. The standard InChI is InChI=1S/C32H46N4O11S/c1-4-5-6-7-8-9-13-16-25(37)33-23(19-22-14-11-10-12-15-22)20-43-31(40)35-48(41,42)44-21-24-27-28(47-32(2,3)46-27)29(45-24)36-18-17-26(38)34-30(36)39/h10-12,14-15,17-18,23-24,27-29H,4-9,13,16,19-21H2,1-3H3,(H,33,37)(H,35,40)(H,34,38,39)/t23?,24-,27?,28?,29-/m1/s1. The summed E-state index contributed by atoms with van der Waals surface area (Å²) >= 11 is 0. The van der Waals surface area contributed by atoms with E-state index in [1.54, 1.807) is 18.6 Å². The lowest BCUT2D eigenvalue weighted by atomic mass is 10.1. The van der Waals surface area contributed by atoms with Gasteiger partial charge in [0.05, 0.1) is 12.6 Å². The van der Waals surface area contributed by atoms with Crippen LogP contribution in [0.1, 0.15) is 83.9 Å². The topological polar surface area (TPSA) is 193 Å². The summed E-state index contributed by atoms with van der Waals surface area (Å²) < 4.78 is 56.0. The number of benzene rings is 1. The minimum absolute atomic E-state index is 0.178. The highest BCUT2D eigenvalue weighted by Crippen LogP contribution is 2.42. The van der Waals surface area contributed by atoms with Gasteiger partial charge in [0, 0.05) is 18.7 Å². The van der Waals surface area contributed by atoms with E-state index in [0.717, 1.165) is 41.9 Å². The minimum atomic E-state index is -4.68. The zero-order chi connectivity index (χ0) is 34.7. The first kappa shape index (κ1) is 37.3. The molecular weight excluding hydrogens is 648 g/mol. The number of H-pyrrole nitrogens is 1. The van der Waals surface area contributed by atoms with Crippen LogP contribution in [0.15, 0.2) is 52.2 Å². The number of fused-ring (bicyclic) bond motifs is 1. The van der Waals surface area contributed by atoms with Crippen molar-refractivity contribution in [2.75, 3.05) is 13.2 Å². The van der Waals surface area contributed by atoms with Gasteiger partial charge in [-0.25, -0.2) is 9.59 Å². The zero-order valence-electron chi connectivity index (χ0n) is 27.6. The molecule has 2 aromatic rings. The molecule has 2 fully saturated rings. The molecule has 2 saturated heterocycles. The number of carbonyl (C=O) groups excluding carboxylic acids is 2. The maximum atomic E-state index is 12.7. The number of nitrogens with one attached hydrogen (secondary N) is 3. The summed E-state index contributed by atoms with van der Waals surface area (Å²) in [4.78, 5) is 51.3. The summed E-state index contributed by atoms with van der Waals surface area (Å²) in [6, 6.07) is 9.86. The van der Waals surface area contributed by atoms with Gasteiger partial charge in [0.1, 0.15) is 24.9 Å². The molecule has 0 radical (unpaired) electrons. The van der Waals surface area contributed by atoms with Crippen molar-refractivity contribution in [1.29, 1.82) is 0 Å². The molecular formula is C32H46N4O11S. The number of nitrogens with zero attached hydrogens (tertiary/aromatic N) is 1. The molecule has 15 nitrogen and oxygen atoms in total. The Morgan fingerprint density at radius 2 is 1.69 bits per heavy atom. The number of aromatic amines is 1. The third-order valence-electron chi connectivity index (χ3n) is 7.96. The van der Waals surface area contributed by atoms with Crippen LogP contribution in [0.25, 0.3) is 0 Å². The predicted molar refractivity (Wildman–Crippen MR) is 173 cm³/mol. The lowest BCUT2D eigenvalue weighted by Gasteiger charge is -2.24. The SMILES string of the molecule is CCCCCCCCCC(=O)NC(COC(=O)NS(=O)(=O)OC[C@H]1O[C@@H](n2ccc(=O)[nH]c2=O)C2OC(C)(C)OC21)Cc1ccccc1. The van der Waals surface area contributed by atoms with Crippen LogP contribution >= 0.6 is 0 Å². The highest BCUT2D eigenvalue weighted by molar-refractivity contribution is 7.85. The lowest BCUT2D eigenvalue weighted by molar-refractivity contribution is -0.199. The van der Waals surface area contributed by atoms with Crippen molar-refractivity contribution in [2.24, 2.45) is 0 Å². The van der Waals surface area contributed by atoms with Crippen molar-refractivity contribution < 1.29 is 41.1 Å². The number of hydrogen-bond donors (Lipinski definition) is 3. The van der Waals surface area contributed by atoms with Crippen LogP contribution in [0.3, 0.4) is 0 Å². The van der Waals surface area contributed by atoms with Crippen molar-refractivity contribution in [1.82, 2.24) is 19.6 Å². The van der Waals surface area contributed by atoms with E-state index < -0.39 is 70.6 Å². The van der Waals surface area contributed by atoms with Gasteiger partial charge in [-0.3, -0.25) is 23.3 Å². The molecule has 2 amide bonds. The van der Waals surface area contributed by atoms with E-state index >= 15 is 0 Å². The molecule has 0 saturated carbocycles. The molecule has 16 heteroatoms. The van der Waals surface area contributed by atoms with Crippen molar-refractivity contribution >= 4 is 22.3 Å². The number of carbonyl (C=O) groups is 2. The van der Waals surface area contributed by atoms with Gasteiger partial charge in [-0.2, -0.15) is 13.1 Å². The Bertz CT molecular complexity index is 1580. The number of unbranched alkanes of at least 4 members (excludes halogenated alkanes) is 6. The monoisotopic (exact) mass is 694 g/mol. The van der Waals surface area contributed by atoms with Gasteiger partial charge in [0.25, 0.3) is 5.56 Å². The second-order valence-electron chi connectivity index (χ2n) is 12.4. The lowest BCUT2D eigenvalue weighted by Crippen LogP contribution is -2.42. The second-order valence-corrected chi connectivity index (χ2v) is 13.8. The van der Waals surface area contributed by atoms with Gasteiger partial charge in [-0.15, -0.1) is 0 Å². The summed E-state index contributed by atoms with van der Waals surface area (Å²) in [5.41, 5.74) is -0.453.